The largest absolute Gasteiger partial charge is 0.317 e. The SMILES string of the molecule is CCCC[B-](c1ccccc1)(c1ccccc1)c1ccccc1.CCCC[N+](CCCC)(CCCC)CC(=O)c1ccc2ccccc2c1. The van der Waals surface area contributed by atoms with Crippen molar-refractivity contribution in [3.8, 4) is 0 Å². The van der Waals surface area contributed by atoms with Crippen LogP contribution in [0, 0.1) is 0 Å². The number of rotatable bonds is 18. The lowest BCUT2D eigenvalue weighted by Crippen LogP contribution is -2.66. The summed E-state index contributed by atoms with van der Waals surface area (Å²) in [6.45, 7) is 13.1. The number of fused-ring (bicyclic) bond motifs is 1. The van der Waals surface area contributed by atoms with Crippen molar-refractivity contribution in [2.24, 2.45) is 0 Å². The number of benzene rings is 5. The third-order valence-corrected chi connectivity index (χ3v) is 10.6. The Kier molecular flexibility index (Phi) is 15.4. The van der Waals surface area contributed by atoms with Crippen LogP contribution in [-0.2, 0) is 0 Å². The van der Waals surface area contributed by atoms with Gasteiger partial charge in [0, 0.05) is 5.56 Å². The first-order valence-electron chi connectivity index (χ1n) is 19.2. The Morgan fingerprint density at radius 1 is 0.490 bits per heavy atom. The summed E-state index contributed by atoms with van der Waals surface area (Å²) >= 11 is 0. The van der Waals surface area contributed by atoms with Crippen molar-refractivity contribution in [2.75, 3.05) is 26.2 Å². The van der Waals surface area contributed by atoms with Gasteiger partial charge >= 0.3 is 0 Å². The second-order valence-corrected chi connectivity index (χ2v) is 14.1. The number of unbranched alkanes of at least 4 members (excludes halogenated alkanes) is 4. The molecule has 0 spiro atoms. The molecule has 0 atom stereocenters. The third-order valence-electron chi connectivity index (χ3n) is 10.6. The summed E-state index contributed by atoms with van der Waals surface area (Å²) in [5, 5.41) is 2.36. The molecule has 0 N–H and O–H groups in total. The number of carbonyl (C=O) groups excluding carboxylic acids is 1. The molecular formula is C46H60BNO. The topological polar surface area (TPSA) is 17.1 Å². The summed E-state index contributed by atoms with van der Waals surface area (Å²) in [6.07, 6.45) is 9.94. The second kappa shape index (κ2) is 19.9. The molecule has 49 heavy (non-hydrogen) atoms. The fourth-order valence-corrected chi connectivity index (χ4v) is 7.74. The Morgan fingerprint density at radius 2 is 0.898 bits per heavy atom. The Balaban J connectivity index is 0.000000222. The molecule has 0 fully saturated rings. The molecule has 0 heterocycles. The normalized spacial score (nSPS) is 11.6. The van der Waals surface area contributed by atoms with Gasteiger partial charge in [-0.15, -0.1) is 0 Å². The minimum absolute atomic E-state index is 0.305. The standard InChI is InChI=1S/C24H36NO.C22H24B/c1-4-7-16-25(17-8-5-2,18-9-6-3)20-24(26)23-15-14-21-12-10-11-13-22(21)19-23;1-2-3-19-23(20-13-7-4-8-14-20,21-15-9-5-10-16-21)22-17-11-6-12-18-22/h10-15,19H,4-9,16-18,20H2,1-3H3;4-18H,2-3,19H2,1H3/q+1;-1. The molecule has 0 aromatic heterocycles. The van der Waals surface area contributed by atoms with Crippen molar-refractivity contribution in [3.63, 3.8) is 0 Å². The number of carbonyl (C=O) groups is 1. The molecule has 0 unspecified atom stereocenters. The van der Waals surface area contributed by atoms with Gasteiger partial charge < -0.3 is 4.48 Å². The maximum Gasteiger partial charge on any atom is 0.216 e. The van der Waals surface area contributed by atoms with Crippen LogP contribution < -0.4 is 16.4 Å². The van der Waals surface area contributed by atoms with E-state index in [4.69, 9.17) is 0 Å². The lowest BCUT2D eigenvalue weighted by molar-refractivity contribution is -0.921. The van der Waals surface area contributed by atoms with Gasteiger partial charge in [0.2, 0.25) is 5.78 Å². The molecule has 3 heteroatoms. The molecule has 0 saturated carbocycles. The first-order valence-corrected chi connectivity index (χ1v) is 19.2. The van der Waals surface area contributed by atoms with Gasteiger partial charge in [-0.3, -0.25) is 4.79 Å². The molecule has 0 aliphatic carbocycles. The highest BCUT2D eigenvalue weighted by Gasteiger charge is 2.30. The molecule has 0 amide bonds. The van der Waals surface area contributed by atoms with E-state index in [9.17, 15) is 4.79 Å². The van der Waals surface area contributed by atoms with Crippen LogP contribution in [0.25, 0.3) is 10.8 Å². The van der Waals surface area contributed by atoms with E-state index >= 15 is 0 Å². The van der Waals surface area contributed by atoms with E-state index in [2.05, 4.69) is 143 Å². The zero-order valence-electron chi connectivity index (χ0n) is 30.8. The van der Waals surface area contributed by atoms with Crippen LogP contribution in [0.4, 0.5) is 0 Å². The van der Waals surface area contributed by atoms with Gasteiger partial charge in [0.05, 0.1) is 25.8 Å². The molecule has 0 bridgehead atoms. The first-order chi connectivity index (χ1) is 24.0. The van der Waals surface area contributed by atoms with Crippen LogP contribution in [0.15, 0.2) is 133 Å². The molecule has 5 aromatic rings. The highest BCUT2D eigenvalue weighted by molar-refractivity contribution is 7.11. The van der Waals surface area contributed by atoms with Crippen LogP contribution in [0.2, 0.25) is 6.32 Å². The van der Waals surface area contributed by atoms with Gasteiger partial charge in [0.15, 0.2) is 0 Å². The van der Waals surface area contributed by atoms with Crippen molar-refractivity contribution in [3.05, 3.63) is 139 Å². The molecule has 258 valence electrons. The zero-order valence-corrected chi connectivity index (χ0v) is 30.8. The molecule has 2 nitrogen and oxygen atoms in total. The number of hydrogen-bond acceptors (Lipinski definition) is 1. The van der Waals surface area contributed by atoms with Crippen molar-refractivity contribution >= 4 is 39.1 Å². The van der Waals surface area contributed by atoms with Crippen molar-refractivity contribution in [2.45, 2.75) is 85.4 Å². The van der Waals surface area contributed by atoms with Crippen LogP contribution >= 0.6 is 0 Å². The number of ketones is 1. The summed E-state index contributed by atoms with van der Waals surface area (Å²) < 4.78 is 0.973. The highest BCUT2D eigenvalue weighted by atomic mass is 16.1. The van der Waals surface area contributed by atoms with E-state index in [-0.39, 0.29) is 0 Å². The van der Waals surface area contributed by atoms with E-state index in [0.717, 1.165) is 35.1 Å². The maximum atomic E-state index is 13.2. The second-order valence-electron chi connectivity index (χ2n) is 14.1. The average Bonchev–Trinajstić information content (AvgIpc) is 3.17. The fourth-order valence-electron chi connectivity index (χ4n) is 7.74. The molecule has 5 rings (SSSR count). The van der Waals surface area contributed by atoms with E-state index < -0.39 is 6.15 Å². The molecule has 5 aromatic carbocycles. The number of hydrogen-bond donors (Lipinski definition) is 0. The van der Waals surface area contributed by atoms with Gasteiger partial charge in [0.1, 0.15) is 6.54 Å². The van der Waals surface area contributed by atoms with Crippen LogP contribution in [-0.4, -0.2) is 42.6 Å². The number of Topliss-reactive ketones (excluding diaryl/α,β-unsaturated/α-hetero) is 1. The molecule has 0 radical (unpaired) electrons. The number of nitrogens with zero attached hydrogens (tertiary/aromatic N) is 1. The lowest BCUT2D eigenvalue weighted by atomic mass is 9.14. The first kappa shape index (κ1) is 37.9. The van der Waals surface area contributed by atoms with Crippen molar-refractivity contribution in [1.82, 2.24) is 0 Å². The molecule has 0 aliphatic heterocycles. The average molecular weight is 654 g/mol. The summed E-state index contributed by atoms with van der Waals surface area (Å²) in [6, 6.07) is 47.6. The van der Waals surface area contributed by atoms with Gasteiger partial charge in [-0.1, -0.05) is 187 Å². The van der Waals surface area contributed by atoms with Crippen LogP contribution in [0.5, 0.6) is 0 Å². The summed E-state index contributed by atoms with van der Waals surface area (Å²) in [7, 11) is 0. The van der Waals surface area contributed by atoms with Gasteiger partial charge in [-0.05, 0) is 36.1 Å². The maximum absolute atomic E-state index is 13.2. The van der Waals surface area contributed by atoms with E-state index in [1.54, 1.807) is 0 Å². The monoisotopic (exact) mass is 653 g/mol. The van der Waals surface area contributed by atoms with Crippen LogP contribution in [0.1, 0.15) is 89.4 Å². The van der Waals surface area contributed by atoms with E-state index in [1.165, 1.54) is 79.5 Å². The van der Waals surface area contributed by atoms with Gasteiger partial charge in [-0.2, -0.15) is 22.7 Å². The van der Waals surface area contributed by atoms with Crippen molar-refractivity contribution < 1.29 is 9.28 Å². The van der Waals surface area contributed by atoms with E-state index in [0.29, 0.717) is 12.3 Å². The minimum Gasteiger partial charge on any atom is -0.317 e. The molecule has 0 saturated heterocycles. The van der Waals surface area contributed by atoms with Gasteiger partial charge in [-0.25, -0.2) is 0 Å². The fraction of sp³-hybridized carbons (Fsp3) is 0.370. The molecular weight excluding hydrogens is 593 g/mol. The highest BCUT2D eigenvalue weighted by Crippen LogP contribution is 2.20. The van der Waals surface area contributed by atoms with Gasteiger partial charge in [0.25, 0.3) is 0 Å². The summed E-state index contributed by atoms with van der Waals surface area (Å²) in [5.41, 5.74) is 5.20. The Bertz CT molecular complexity index is 1530. The van der Waals surface area contributed by atoms with Crippen molar-refractivity contribution in [1.29, 1.82) is 0 Å². The minimum atomic E-state index is -0.913. The summed E-state index contributed by atoms with van der Waals surface area (Å²) in [4.78, 5) is 13.2. The third kappa shape index (κ3) is 10.3. The van der Waals surface area contributed by atoms with E-state index in [1.807, 2.05) is 18.2 Å². The van der Waals surface area contributed by atoms with Crippen LogP contribution in [0.3, 0.4) is 0 Å². The quantitative estimate of drug-likeness (QED) is 0.0523. The Labute approximate surface area is 298 Å². The predicted octanol–water partition coefficient (Wildman–Crippen LogP) is 10.2. The number of quaternary nitrogens is 1. The smallest absolute Gasteiger partial charge is 0.216 e. The Morgan fingerprint density at radius 3 is 1.33 bits per heavy atom. The zero-order chi connectivity index (χ0) is 34.8. The Hall–Kier alpha value is -3.95. The molecule has 0 aliphatic rings. The lowest BCUT2D eigenvalue weighted by Gasteiger charge is -2.43. The predicted molar refractivity (Wildman–Crippen MR) is 216 cm³/mol. The summed E-state index contributed by atoms with van der Waals surface area (Å²) in [5.74, 6) is 0.305.